The van der Waals surface area contributed by atoms with Crippen LogP contribution in [0.1, 0.15) is 19.4 Å². The number of alkyl halides is 3. The van der Waals surface area contributed by atoms with Gasteiger partial charge in [-0.15, -0.1) is 0 Å². The van der Waals surface area contributed by atoms with Crippen molar-refractivity contribution < 1.29 is 22.6 Å². The largest absolute Gasteiger partial charge is 0.468 e. The van der Waals surface area contributed by atoms with Crippen molar-refractivity contribution >= 4 is 0 Å². The number of benzene rings is 1. The Balaban J connectivity index is 2.32. The molecule has 0 aromatic heterocycles. The topological polar surface area (TPSA) is 30.5 Å². The lowest BCUT2D eigenvalue weighted by Gasteiger charge is -2.11. The first kappa shape index (κ1) is 16.8. The predicted molar refractivity (Wildman–Crippen MR) is 70.5 cm³/mol. The average molecular weight is 291 g/mol. The van der Waals surface area contributed by atoms with Crippen LogP contribution in [0.5, 0.6) is 5.75 Å². The normalized spacial score (nSPS) is 11.9. The van der Waals surface area contributed by atoms with Gasteiger partial charge in [0.2, 0.25) is 0 Å². The molecule has 0 aliphatic heterocycles. The first-order valence-corrected chi connectivity index (χ1v) is 6.44. The number of hydrogen-bond donors (Lipinski definition) is 1. The molecule has 0 unspecified atom stereocenters. The SMILES string of the molecule is CC(C)CNCc1cccc(OCOCC(F)(F)F)c1. The predicted octanol–water partition coefficient (Wildman–Crippen LogP) is 3.35. The van der Waals surface area contributed by atoms with E-state index >= 15 is 0 Å². The highest BCUT2D eigenvalue weighted by atomic mass is 19.4. The molecular formula is C14H20F3NO2. The molecule has 0 bridgehead atoms. The first-order chi connectivity index (χ1) is 9.37. The minimum atomic E-state index is -4.33. The van der Waals surface area contributed by atoms with Gasteiger partial charge < -0.3 is 14.8 Å². The van der Waals surface area contributed by atoms with Gasteiger partial charge >= 0.3 is 6.18 Å². The highest BCUT2D eigenvalue weighted by Crippen LogP contribution is 2.16. The van der Waals surface area contributed by atoms with Crippen molar-refractivity contribution in [2.45, 2.75) is 26.6 Å². The second-order valence-corrected chi connectivity index (χ2v) is 4.90. The Labute approximate surface area is 117 Å². The molecule has 6 heteroatoms. The molecule has 0 saturated carbocycles. The summed E-state index contributed by atoms with van der Waals surface area (Å²) >= 11 is 0. The van der Waals surface area contributed by atoms with Crippen LogP contribution >= 0.6 is 0 Å². The summed E-state index contributed by atoms with van der Waals surface area (Å²) in [5.41, 5.74) is 1.01. The smallest absolute Gasteiger partial charge is 0.411 e. The van der Waals surface area contributed by atoms with Crippen molar-refractivity contribution in [2.24, 2.45) is 5.92 Å². The summed E-state index contributed by atoms with van der Waals surface area (Å²) in [7, 11) is 0. The number of halogens is 3. The van der Waals surface area contributed by atoms with Crippen molar-refractivity contribution in [1.29, 1.82) is 0 Å². The van der Waals surface area contributed by atoms with Crippen LogP contribution in [0.25, 0.3) is 0 Å². The van der Waals surface area contributed by atoms with Gasteiger partial charge in [0.25, 0.3) is 0 Å². The first-order valence-electron chi connectivity index (χ1n) is 6.44. The van der Waals surface area contributed by atoms with Gasteiger partial charge in [-0.05, 0) is 30.2 Å². The molecule has 0 radical (unpaired) electrons. The van der Waals surface area contributed by atoms with Gasteiger partial charge in [-0.25, -0.2) is 0 Å². The van der Waals surface area contributed by atoms with E-state index in [-0.39, 0.29) is 0 Å². The van der Waals surface area contributed by atoms with Crippen molar-refractivity contribution in [1.82, 2.24) is 5.32 Å². The number of ether oxygens (including phenoxy) is 2. The fourth-order valence-electron chi connectivity index (χ4n) is 1.52. The van der Waals surface area contributed by atoms with Crippen LogP contribution in [0, 0.1) is 5.92 Å². The fraction of sp³-hybridized carbons (Fsp3) is 0.571. The van der Waals surface area contributed by atoms with Crippen LogP contribution in [0.4, 0.5) is 13.2 Å². The molecule has 114 valence electrons. The Morgan fingerprint density at radius 1 is 1.25 bits per heavy atom. The summed E-state index contributed by atoms with van der Waals surface area (Å²) in [5, 5.41) is 3.28. The van der Waals surface area contributed by atoms with E-state index in [1.807, 2.05) is 6.07 Å². The van der Waals surface area contributed by atoms with Crippen LogP contribution in [0.15, 0.2) is 24.3 Å². The van der Waals surface area contributed by atoms with Gasteiger partial charge in [-0.1, -0.05) is 26.0 Å². The minimum Gasteiger partial charge on any atom is -0.468 e. The Hall–Kier alpha value is -1.27. The van der Waals surface area contributed by atoms with Gasteiger partial charge in [0, 0.05) is 6.54 Å². The standard InChI is InChI=1S/C14H20F3NO2/c1-11(2)7-18-8-12-4-3-5-13(6-12)20-10-19-9-14(15,16)17/h3-6,11,18H,7-10H2,1-2H3. The molecule has 0 amide bonds. The van der Waals surface area contributed by atoms with Gasteiger partial charge in [0.15, 0.2) is 6.79 Å². The van der Waals surface area contributed by atoms with Crippen LogP contribution < -0.4 is 10.1 Å². The zero-order valence-corrected chi connectivity index (χ0v) is 11.7. The lowest BCUT2D eigenvalue weighted by Crippen LogP contribution is -2.19. The van der Waals surface area contributed by atoms with Crippen molar-refractivity contribution in [2.75, 3.05) is 19.9 Å². The molecule has 20 heavy (non-hydrogen) atoms. The molecular weight excluding hydrogens is 271 g/mol. The third-order valence-corrected chi connectivity index (χ3v) is 2.35. The van der Waals surface area contributed by atoms with E-state index in [9.17, 15) is 13.2 Å². The molecule has 1 aromatic rings. The van der Waals surface area contributed by atoms with Gasteiger partial charge in [-0.3, -0.25) is 0 Å². The molecule has 3 nitrogen and oxygen atoms in total. The molecule has 1 rings (SSSR count). The van der Waals surface area contributed by atoms with Gasteiger partial charge in [0.05, 0.1) is 0 Å². The summed E-state index contributed by atoms with van der Waals surface area (Å²) in [6.07, 6.45) is -4.33. The summed E-state index contributed by atoms with van der Waals surface area (Å²) in [6.45, 7) is 4.11. The summed E-state index contributed by atoms with van der Waals surface area (Å²) in [6, 6.07) is 7.19. The zero-order valence-electron chi connectivity index (χ0n) is 11.7. The Morgan fingerprint density at radius 2 is 2.00 bits per heavy atom. The molecule has 0 aliphatic carbocycles. The maximum absolute atomic E-state index is 11.9. The van der Waals surface area contributed by atoms with Crippen LogP contribution in [0.2, 0.25) is 0 Å². The Morgan fingerprint density at radius 3 is 2.65 bits per heavy atom. The molecule has 1 N–H and O–H groups in total. The van der Waals surface area contributed by atoms with Crippen molar-refractivity contribution in [3.8, 4) is 5.75 Å². The monoisotopic (exact) mass is 291 g/mol. The van der Waals surface area contributed by atoms with E-state index in [2.05, 4.69) is 23.9 Å². The Bertz CT molecular complexity index is 394. The molecule has 0 saturated heterocycles. The average Bonchev–Trinajstić information content (AvgIpc) is 2.34. The van der Waals surface area contributed by atoms with E-state index < -0.39 is 19.6 Å². The fourth-order valence-corrected chi connectivity index (χ4v) is 1.52. The van der Waals surface area contributed by atoms with Crippen LogP contribution in [0.3, 0.4) is 0 Å². The van der Waals surface area contributed by atoms with Crippen LogP contribution in [-0.2, 0) is 11.3 Å². The summed E-state index contributed by atoms with van der Waals surface area (Å²) < 4.78 is 45.1. The molecule has 0 atom stereocenters. The maximum Gasteiger partial charge on any atom is 0.411 e. The second-order valence-electron chi connectivity index (χ2n) is 4.90. The summed E-state index contributed by atoms with van der Waals surface area (Å²) in [4.78, 5) is 0. The van der Waals surface area contributed by atoms with Crippen molar-refractivity contribution in [3.63, 3.8) is 0 Å². The molecule has 0 aliphatic rings. The lowest BCUT2D eigenvalue weighted by molar-refractivity contribution is -0.186. The quantitative estimate of drug-likeness (QED) is 0.588. The third-order valence-electron chi connectivity index (χ3n) is 2.35. The molecule has 0 fully saturated rings. The summed E-state index contributed by atoms with van der Waals surface area (Å²) in [5.74, 6) is 1.06. The van der Waals surface area contributed by atoms with Gasteiger partial charge in [-0.2, -0.15) is 13.2 Å². The highest BCUT2D eigenvalue weighted by Gasteiger charge is 2.27. The van der Waals surface area contributed by atoms with Gasteiger partial charge in [0.1, 0.15) is 12.4 Å². The van der Waals surface area contributed by atoms with E-state index in [1.165, 1.54) is 0 Å². The van der Waals surface area contributed by atoms with Crippen molar-refractivity contribution in [3.05, 3.63) is 29.8 Å². The lowest BCUT2D eigenvalue weighted by atomic mass is 10.2. The minimum absolute atomic E-state index is 0.414. The van der Waals surface area contributed by atoms with E-state index in [0.29, 0.717) is 18.2 Å². The number of hydrogen-bond acceptors (Lipinski definition) is 3. The Kier molecular flexibility index (Phi) is 6.81. The van der Waals surface area contributed by atoms with E-state index in [1.54, 1.807) is 18.2 Å². The van der Waals surface area contributed by atoms with E-state index in [0.717, 1.165) is 12.1 Å². The molecule has 1 aromatic carbocycles. The molecule has 0 spiro atoms. The maximum atomic E-state index is 11.9. The van der Waals surface area contributed by atoms with E-state index in [4.69, 9.17) is 4.74 Å². The second kappa shape index (κ2) is 8.11. The number of nitrogens with one attached hydrogen (secondary N) is 1. The third kappa shape index (κ3) is 8.01. The van der Waals surface area contributed by atoms with Crippen LogP contribution in [-0.4, -0.2) is 26.1 Å². The number of rotatable bonds is 8. The highest BCUT2D eigenvalue weighted by molar-refractivity contribution is 5.28. The zero-order chi connectivity index (χ0) is 15.0. The molecule has 0 heterocycles.